The van der Waals surface area contributed by atoms with Crippen molar-refractivity contribution in [3.8, 4) is 17.6 Å². The fourth-order valence-corrected chi connectivity index (χ4v) is 4.92. The number of anilines is 1. The van der Waals surface area contributed by atoms with Gasteiger partial charge in [0.2, 0.25) is 0 Å². The van der Waals surface area contributed by atoms with Gasteiger partial charge in [0, 0.05) is 41.7 Å². The molecule has 2 aliphatic heterocycles. The predicted octanol–water partition coefficient (Wildman–Crippen LogP) is 3.48. The van der Waals surface area contributed by atoms with Gasteiger partial charge in [0.05, 0.1) is 31.4 Å². The standard InChI is InChI=1S/C27H25N3O3/c1-33-25-5-3-2-4-19(25)8-6-18-7-9-23-22(16-18)26-21(24(17-31)29-23)12-15-30(26)27(32)20-10-13-28-14-11-20/h2-5,7,9-11,13-14,16,21,24,26,29,31H,12,15,17H2,1H3/t21-,24+,26-/m0/s1. The summed E-state index contributed by atoms with van der Waals surface area (Å²) in [4.78, 5) is 19.3. The molecule has 3 aromatic rings. The molecule has 0 radical (unpaired) electrons. The van der Waals surface area contributed by atoms with Crippen molar-refractivity contribution in [2.24, 2.45) is 5.92 Å². The maximum Gasteiger partial charge on any atom is 0.254 e. The van der Waals surface area contributed by atoms with Crippen LogP contribution in [0, 0.1) is 17.8 Å². The van der Waals surface area contributed by atoms with Gasteiger partial charge in [-0.3, -0.25) is 9.78 Å². The van der Waals surface area contributed by atoms with Crippen molar-refractivity contribution < 1.29 is 14.6 Å². The third-order valence-corrected chi connectivity index (χ3v) is 6.51. The summed E-state index contributed by atoms with van der Waals surface area (Å²) in [6.07, 6.45) is 4.11. The molecular weight excluding hydrogens is 414 g/mol. The Bertz CT molecular complexity index is 1230. The molecule has 166 valence electrons. The van der Waals surface area contributed by atoms with E-state index < -0.39 is 0 Å². The molecule has 6 nitrogen and oxygen atoms in total. The SMILES string of the molecule is COc1ccccc1C#Cc1ccc2c(c1)[C@@H]1[C@@H](CCN1C(=O)c1ccncc1)[C@@H](CO)N2. The number of nitrogens with one attached hydrogen (secondary N) is 1. The minimum absolute atomic E-state index is 0.0139. The molecule has 0 unspecified atom stereocenters. The monoisotopic (exact) mass is 439 g/mol. The van der Waals surface area contributed by atoms with Gasteiger partial charge in [0.1, 0.15) is 5.75 Å². The van der Waals surface area contributed by atoms with Crippen LogP contribution >= 0.6 is 0 Å². The highest BCUT2D eigenvalue weighted by atomic mass is 16.5. The van der Waals surface area contributed by atoms with Gasteiger partial charge in [-0.05, 0) is 54.4 Å². The van der Waals surface area contributed by atoms with Crippen LogP contribution in [0.1, 0.15) is 39.5 Å². The third-order valence-electron chi connectivity index (χ3n) is 6.51. The zero-order valence-corrected chi connectivity index (χ0v) is 18.4. The van der Waals surface area contributed by atoms with Crippen molar-refractivity contribution in [3.05, 3.63) is 89.2 Å². The fraction of sp³-hybridized carbons (Fsp3) is 0.259. The van der Waals surface area contributed by atoms with Crippen LogP contribution in [0.2, 0.25) is 0 Å². The van der Waals surface area contributed by atoms with Gasteiger partial charge in [-0.1, -0.05) is 24.0 Å². The third kappa shape index (κ3) is 3.92. The number of rotatable bonds is 3. The number of hydrogen-bond donors (Lipinski definition) is 2. The lowest BCUT2D eigenvalue weighted by Crippen LogP contribution is -2.42. The summed E-state index contributed by atoms with van der Waals surface area (Å²) in [7, 11) is 1.64. The van der Waals surface area contributed by atoms with Crippen LogP contribution in [0.4, 0.5) is 5.69 Å². The number of hydrogen-bond acceptors (Lipinski definition) is 5. The number of benzene rings is 2. The largest absolute Gasteiger partial charge is 0.495 e. The molecule has 2 aromatic carbocycles. The maximum atomic E-state index is 13.3. The van der Waals surface area contributed by atoms with E-state index in [1.807, 2.05) is 41.3 Å². The summed E-state index contributed by atoms with van der Waals surface area (Å²) in [5, 5.41) is 13.5. The Morgan fingerprint density at radius 1 is 1.18 bits per heavy atom. The molecule has 33 heavy (non-hydrogen) atoms. The summed E-state index contributed by atoms with van der Waals surface area (Å²) in [5.41, 5.74) is 4.29. The summed E-state index contributed by atoms with van der Waals surface area (Å²) in [6.45, 7) is 0.665. The number of amides is 1. The molecule has 2 aliphatic rings. The molecule has 3 heterocycles. The summed E-state index contributed by atoms with van der Waals surface area (Å²) in [5.74, 6) is 7.30. The molecule has 5 rings (SSSR count). The molecule has 6 heteroatoms. The molecule has 2 N–H and O–H groups in total. The summed E-state index contributed by atoms with van der Waals surface area (Å²) in [6, 6.07) is 17.0. The van der Waals surface area contributed by atoms with E-state index in [0.29, 0.717) is 12.1 Å². The zero-order valence-electron chi connectivity index (χ0n) is 18.4. The van der Waals surface area contributed by atoms with Crippen molar-refractivity contribution >= 4 is 11.6 Å². The van der Waals surface area contributed by atoms with Gasteiger partial charge >= 0.3 is 0 Å². The Morgan fingerprint density at radius 2 is 2.00 bits per heavy atom. The Morgan fingerprint density at radius 3 is 2.79 bits per heavy atom. The van der Waals surface area contributed by atoms with Gasteiger partial charge in [0.15, 0.2) is 0 Å². The van der Waals surface area contributed by atoms with E-state index in [-0.39, 0.29) is 30.5 Å². The lowest BCUT2D eigenvalue weighted by molar-refractivity contribution is 0.0701. The number of methoxy groups -OCH3 is 1. The molecule has 3 atom stereocenters. The number of para-hydroxylation sites is 1. The van der Waals surface area contributed by atoms with Crippen LogP contribution in [0.15, 0.2) is 67.0 Å². The number of pyridine rings is 1. The molecule has 1 amide bonds. The van der Waals surface area contributed by atoms with Crippen molar-refractivity contribution in [1.29, 1.82) is 0 Å². The first kappa shape index (κ1) is 21.0. The van der Waals surface area contributed by atoms with E-state index in [1.54, 1.807) is 31.6 Å². The van der Waals surface area contributed by atoms with Gasteiger partial charge in [0.25, 0.3) is 5.91 Å². The number of fused-ring (bicyclic) bond motifs is 3. The molecule has 1 saturated heterocycles. The summed E-state index contributed by atoms with van der Waals surface area (Å²) >= 11 is 0. The van der Waals surface area contributed by atoms with Crippen LogP contribution in [0.5, 0.6) is 5.75 Å². The molecule has 0 spiro atoms. The maximum absolute atomic E-state index is 13.3. The van der Waals surface area contributed by atoms with Gasteiger partial charge < -0.3 is 20.1 Å². The van der Waals surface area contributed by atoms with Crippen LogP contribution in [-0.2, 0) is 0 Å². The van der Waals surface area contributed by atoms with Gasteiger partial charge in [-0.15, -0.1) is 0 Å². The highest BCUT2D eigenvalue weighted by Gasteiger charge is 2.45. The van der Waals surface area contributed by atoms with Crippen molar-refractivity contribution in [3.63, 3.8) is 0 Å². The van der Waals surface area contributed by atoms with Crippen LogP contribution in [0.25, 0.3) is 0 Å². The first-order valence-electron chi connectivity index (χ1n) is 11.1. The average molecular weight is 440 g/mol. The molecule has 1 aromatic heterocycles. The van der Waals surface area contributed by atoms with Crippen molar-refractivity contribution in [2.75, 3.05) is 25.6 Å². The quantitative estimate of drug-likeness (QED) is 0.612. The first-order valence-corrected chi connectivity index (χ1v) is 11.1. The lowest BCUT2D eigenvalue weighted by atomic mass is 9.82. The number of aliphatic hydroxyl groups excluding tert-OH is 1. The highest BCUT2D eigenvalue weighted by Crippen LogP contribution is 2.47. The Hall–Kier alpha value is -3.82. The van der Waals surface area contributed by atoms with Gasteiger partial charge in [-0.2, -0.15) is 0 Å². The summed E-state index contributed by atoms with van der Waals surface area (Å²) < 4.78 is 5.40. The van der Waals surface area contributed by atoms with E-state index in [1.165, 1.54) is 0 Å². The van der Waals surface area contributed by atoms with Crippen LogP contribution in [0.3, 0.4) is 0 Å². The molecule has 1 fully saturated rings. The Labute approximate surface area is 193 Å². The molecular formula is C27H25N3O3. The van der Waals surface area contributed by atoms with Crippen LogP contribution in [-0.4, -0.2) is 47.2 Å². The van der Waals surface area contributed by atoms with E-state index in [2.05, 4.69) is 28.2 Å². The predicted molar refractivity (Wildman–Crippen MR) is 126 cm³/mol. The van der Waals surface area contributed by atoms with E-state index in [0.717, 1.165) is 34.5 Å². The normalized spacial score (nSPS) is 20.7. The second-order valence-electron chi connectivity index (χ2n) is 8.32. The van der Waals surface area contributed by atoms with Crippen LogP contribution < -0.4 is 10.1 Å². The second-order valence-corrected chi connectivity index (χ2v) is 8.32. The highest BCUT2D eigenvalue weighted by molar-refractivity contribution is 5.94. The molecule has 0 bridgehead atoms. The number of carbonyl (C=O) groups is 1. The second kappa shape index (κ2) is 8.97. The van der Waals surface area contributed by atoms with Crippen molar-refractivity contribution in [1.82, 2.24) is 9.88 Å². The van der Waals surface area contributed by atoms with E-state index in [4.69, 9.17) is 4.74 Å². The number of likely N-dealkylation sites (tertiary alicyclic amines) is 1. The zero-order chi connectivity index (χ0) is 22.8. The minimum atomic E-state index is -0.118. The first-order chi connectivity index (χ1) is 16.2. The topological polar surface area (TPSA) is 74.7 Å². The van der Waals surface area contributed by atoms with Gasteiger partial charge in [-0.25, -0.2) is 0 Å². The smallest absolute Gasteiger partial charge is 0.254 e. The number of carbonyl (C=O) groups excluding carboxylic acids is 1. The number of aromatic nitrogens is 1. The number of nitrogens with zero attached hydrogens (tertiary/aromatic N) is 2. The fourth-order valence-electron chi connectivity index (χ4n) is 4.92. The molecule has 0 aliphatic carbocycles. The number of ether oxygens (including phenoxy) is 1. The van der Waals surface area contributed by atoms with Crippen molar-refractivity contribution in [2.45, 2.75) is 18.5 Å². The minimum Gasteiger partial charge on any atom is -0.495 e. The van der Waals surface area contributed by atoms with E-state index >= 15 is 0 Å². The number of aliphatic hydroxyl groups is 1. The lowest BCUT2D eigenvalue weighted by Gasteiger charge is -2.39. The molecule has 0 saturated carbocycles. The Balaban J connectivity index is 1.52. The van der Waals surface area contributed by atoms with E-state index in [9.17, 15) is 9.90 Å². The average Bonchev–Trinajstić information content (AvgIpc) is 3.33. The Kier molecular flexibility index (Phi) is 5.72.